The van der Waals surface area contributed by atoms with Crippen molar-refractivity contribution in [2.75, 3.05) is 6.54 Å². The third-order valence-corrected chi connectivity index (χ3v) is 2.86. The summed E-state index contributed by atoms with van der Waals surface area (Å²) in [6.45, 7) is 3.95. The van der Waals surface area contributed by atoms with Gasteiger partial charge in [-0.3, -0.25) is 0 Å². The monoisotopic (exact) mass is 258 g/mol. The molecule has 2 aromatic rings. The van der Waals surface area contributed by atoms with E-state index in [1.54, 1.807) is 18.3 Å². The summed E-state index contributed by atoms with van der Waals surface area (Å²) in [5.41, 5.74) is 0.884. The fourth-order valence-electron chi connectivity index (χ4n) is 1.82. The van der Waals surface area contributed by atoms with Crippen LogP contribution in [0.4, 0.5) is 4.39 Å². The van der Waals surface area contributed by atoms with Crippen molar-refractivity contribution < 1.29 is 4.39 Å². The zero-order valence-corrected chi connectivity index (χ0v) is 10.7. The van der Waals surface area contributed by atoms with Gasteiger partial charge in [0.25, 0.3) is 0 Å². The van der Waals surface area contributed by atoms with Crippen molar-refractivity contribution >= 4 is 0 Å². The van der Waals surface area contributed by atoms with E-state index < -0.39 is 0 Å². The molecule has 1 N–H and O–H groups in total. The van der Waals surface area contributed by atoms with Crippen LogP contribution in [0.2, 0.25) is 0 Å². The number of nitrogens with one attached hydrogen (secondary N) is 1. The summed E-state index contributed by atoms with van der Waals surface area (Å²) in [5, 5.41) is 11.9. The lowest BCUT2D eigenvalue weighted by Crippen LogP contribution is -2.16. The second-order valence-corrected chi connectivity index (χ2v) is 4.17. The predicted molar refractivity (Wildman–Crippen MR) is 69.8 cm³/mol. The van der Waals surface area contributed by atoms with Crippen LogP contribution < -0.4 is 5.32 Å². The van der Waals surface area contributed by atoms with Crippen LogP contribution in [0.5, 0.6) is 0 Å². The molecule has 98 valence electrons. The Bertz CT molecular complexity index is 598. The maximum atomic E-state index is 13.8. The molecule has 2 rings (SSSR count). The lowest BCUT2D eigenvalue weighted by Gasteiger charge is -2.09. The van der Waals surface area contributed by atoms with Crippen LogP contribution in [0.15, 0.2) is 30.6 Å². The number of nitriles is 1. The standard InChI is InChI=1S/C14H15FN4/c1-2-17-9-14-18-5-6-19(14)10-12-4-3-11(8-16)7-13(12)15/h3-7,17H,2,9-10H2,1H3. The van der Waals surface area contributed by atoms with E-state index in [1.165, 1.54) is 6.07 Å². The summed E-state index contributed by atoms with van der Waals surface area (Å²) in [6.07, 6.45) is 3.53. The molecule has 4 nitrogen and oxygen atoms in total. The molecule has 0 aliphatic carbocycles. The molecule has 0 spiro atoms. The molecule has 0 fully saturated rings. The van der Waals surface area contributed by atoms with Gasteiger partial charge in [0.1, 0.15) is 11.6 Å². The Morgan fingerprint density at radius 1 is 1.47 bits per heavy atom. The van der Waals surface area contributed by atoms with Crippen LogP contribution in [0.1, 0.15) is 23.9 Å². The first-order chi connectivity index (χ1) is 9.24. The van der Waals surface area contributed by atoms with E-state index in [0.717, 1.165) is 12.4 Å². The van der Waals surface area contributed by atoms with Crippen LogP contribution in [-0.2, 0) is 13.1 Å². The Balaban J connectivity index is 2.17. The number of halogens is 1. The molecule has 0 saturated carbocycles. The molecular weight excluding hydrogens is 243 g/mol. The minimum absolute atomic E-state index is 0.333. The Kier molecular flexibility index (Phi) is 4.26. The van der Waals surface area contributed by atoms with Crippen LogP contribution in [0.25, 0.3) is 0 Å². The smallest absolute Gasteiger partial charge is 0.129 e. The normalized spacial score (nSPS) is 10.4. The summed E-state index contributed by atoms with van der Waals surface area (Å²) >= 11 is 0. The van der Waals surface area contributed by atoms with E-state index in [2.05, 4.69) is 10.3 Å². The van der Waals surface area contributed by atoms with Gasteiger partial charge in [-0.05, 0) is 18.7 Å². The highest BCUT2D eigenvalue weighted by Gasteiger charge is 2.07. The van der Waals surface area contributed by atoms with Gasteiger partial charge >= 0.3 is 0 Å². The van der Waals surface area contributed by atoms with Gasteiger partial charge in [0.2, 0.25) is 0 Å². The van der Waals surface area contributed by atoms with E-state index >= 15 is 0 Å². The number of aromatic nitrogens is 2. The molecule has 19 heavy (non-hydrogen) atoms. The minimum Gasteiger partial charge on any atom is -0.329 e. The summed E-state index contributed by atoms with van der Waals surface area (Å²) in [5.74, 6) is 0.507. The topological polar surface area (TPSA) is 53.6 Å². The van der Waals surface area contributed by atoms with Crippen molar-refractivity contribution in [2.24, 2.45) is 0 Å². The second kappa shape index (κ2) is 6.12. The number of imidazole rings is 1. The molecule has 0 aliphatic heterocycles. The molecular formula is C14H15FN4. The van der Waals surface area contributed by atoms with Crippen LogP contribution in [-0.4, -0.2) is 16.1 Å². The lowest BCUT2D eigenvalue weighted by atomic mass is 10.1. The maximum absolute atomic E-state index is 13.8. The summed E-state index contributed by atoms with van der Waals surface area (Å²) in [7, 11) is 0. The first kappa shape index (κ1) is 13.2. The molecule has 5 heteroatoms. The average molecular weight is 258 g/mol. The lowest BCUT2D eigenvalue weighted by molar-refractivity contribution is 0.585. The van der Waals surface area contributed by atoms with Gasteiger partial charge in [0.05, 0.1) is 24.7 Å². The Hall–Kier alpha value is -2.19. The van der Waals surface area contributed by atoms with Crippen molar-refractivity contribution in [3.63, 3.8) is 0 Å². The molecule has 1 heterocycles. The van der Waals surface area contributed by atoms with Gasteiger partial charge in [-0.15, -0.1) is 0 Å². The van der Waals surface area contributed by atoms with Gasteiger partial charge in [-0.1, -0.05) is 13.0 Å². The predicted octanol–water partition coefficient (Wildman–Crippen LogP) is 2.05. The van der Waals surface area contributed by atoms with Crippen molar-refractivity contribution in [1.29, 1.82) is 5.26 Å². The largest absolute Gasteiger partial charge is 0.329 e. The first-order valence-corrected chi connectivity index (χ1v) is 6.14. The van der Waals surface area contributed by atoms with E-state index in [1.807, 2.05) is 23.8 Å². The van der Waals surface area contributed by atoms with Crippen molar-refractivity contribution in [1.82, 2.24) is 14.9 Å². The second-order valence-electron chi connectivity index (χ2n) is 4.17. The number of rotatable bonds is 5. The van der Waals surface area contributed by atoms with E-state index in [0.29, 0.717) is 24.2 Å². The van der Waals surface area contributed by atoms with Gasteiger partial charge < -0.3 is 9.88 Å². The highest BCUT2D eigenvalue weighted by atomic mass is 19.1. The highest BCUT2D eigenvalue weighted by Crippen LogP contribution is 2.12. The summed E-state index contributed by atoms with van der Waals surface area (Å²) in [6, 6.07) is 6.45. The fraction of sp³-hybridized carbons (Fsp3) is 0.286. The zero-order valence-electron chi connectivity index (χ0n) is 10.7. The summed E-state index contributed by atoms with van der Waals surface area (Å²) < 4.78 is 15.7. The van der Waals surface area contributed by atoms with Crippen LogP contribution in [0, 0.1) is 17.1 Å². The third kappa shape index (κ3) is 3.18. The van der Waals surface area contributed by atoms with Crippen molar-refractivity contribution in [3.8, 4) is 6.07 Å². The molecule has 0 unspecified atom stereocenters. The molecule has 0 bridgehead atoms. The fourth-order valence-corrected chi connectivity index (χ4v) is 1.82. The quantitative estimate of drug-likeness (QED) is 0.893. The van der Waals surface area contributed by atoms with Gasteiger partial charge in [0.15, 0.2) is 0 Å². The van der Waals surface area contributed by atoms with E-state index in [9.17, 15) is 4.39 Å². The van der Waals surface area contributed by atoms with Gasteiger partial charge in [-0.2, -0.15) is 5.26 Å². The van der Waals surface area contributed by atoms with Crippen LogP contribution in [0.3, 0.4) is 0 Å². The Morgan fingerprint density at radius 3 is 3.00 bits per heavy atom. The molecule has 0 atom stereocenters. The number of nitrogens with zero attached hydrogens (tertiary/aromatic N) is 3. The highest BCUT2D eigenvalue weighted by molar-refractivity contribution is 5.33. The van der Waals surface area contributed by atoms with Crippen LogP contribution >= 0.6 is 0 Å². The number of hydrogen-bond donors (Lipinski definition) is 1. The molecule has 1 aromatic carbocycles. The summed E-state index contributed by atoms with van der Waals surface area (Å²) in [4.78, 5) is 4.24. The molecule has 0 radical (unpaired) electrons. The van der Waals surface area contributed by atoms with Gasteiger partial charge in [0, 0.05) is 18.0 Å². The zero-order chi connectivity index (χ0) is 13.7. The molecule has 0 amide bonds. The molecule has 0 aliphatic rings. The van der Waals surface area contributed by atoms with Gasteiger partial charge in [-0.25, -0.2) is 9.37 Å². The van der Waals surface area contributed by atoms with E-state index in [4.69, 9.17) is 5.26 Å². The van der Waals surface area contributed by atoms with Crippen molar-refractivity contribution in [2.45, 2.75) is 20.0 Å². The minimum atomic E-state index is -0.359. The Labute approximate surface area is 111 Å². The van der Waals surface area contributed by atoms with Crippen molar-refractivity contribution in [3.05, 3.63) is 53.4 Å². The average Bonchev–Trinajstić information content (AvgIpc) is 2.86. The molecule has 1 aromatic heterocycles. The maximum Gasteiger partial charge on any atom is 0.129 e. The molecule has 0 saturated heterocycles. The Morgan fingerprint density at radius 2 is 2.32 bits per heavy atom. The third-order valence-electron chi connectivity index (χ3n) is 2.86. The van der Waals surface area contributed by atoms with E-state index in [-0.39, 0.29) is 5.82 Å². The first-order valence-electron chi connectivity index (χ1n) is 6.14. The number of benzene rings is 1. The number of hydrogen-bond acceptors (Lipinski definition) is 3. The SMILES string of the molecule is CCNCc1nccn1Cc1ccc(C#N)cc1F.